The summed E-state index contributed by atoms with van der Waals surface area (Å²) in [5, 5.41) is 0. The van der Waals surface area contributed by atoms with Crippen molar-refractivity contribution in [3.8, 4) is 0 Å². The number of hydrogen-bond acceptors (Lipinski definition) is 4. The standard InChI is InChI=1S/C17H19ClN2O3S2/c1-11-8-13-9-15(5-6-16(13)20(11)12(2)21)25(22,23)19(3)10-14-4-7-17(18)24-14/h4-7,9,11H,8,10H2,1-3H3. The van der Waals surface area contributed by atoms with Crippen molar-refractivity contribution in [3.05, 3.63) is 45.1 Å². The maximum atomic E-state index is 12.9. The molecular formula is C17H19ClN2O3S2. The second-order valence-electron chi connectivity index (χ2n) is 6.20. The molecule has 25 heavy (non-hydrogen) atoms. The Kier molecular flexibility index (Phi) is 4.94. The minimum Gasteiger partial charge on any atom is -0.309 e. The number of sulfonamides is 1. The largest absolute Gasteiger partial charge is 0.309 e. The van der Waals surface area contributed by atoms with E-state index in [0.29, 0.717) is 10.8 Å². The third kappa shape index (κ3) is 3.46. The van der Waals surface area contributed by atoms with Crippen molar-refractivity contribution in [2.75, 3.05) is 11.9 Å². The van der Waals surface area contributed by atoms with Crippen molar-refractivity contribution >= 4 is 44.6 Å². The first kappa shape index (κ1) is 18.4. The van der Waals surface area contributed by atoms with Gasteiger partial charge >= 0.3 is 0 Å². The average Bonchev–Trinajstić information content (AvgIpc) is 3.08. The summed E-state index contributed by atoms with van der Waals surface area (Å²) in [5.41, 5.74) is 1.68. The molecule has 1 aliphatic heterocycles. The Bertz CT molecular complexity index is 924. The zero-order valence-electron chi connectivity index (χ0n) is 14.2. The second-order valence-corrected chi connectivity index (χ2v) is 10.0. The van der Waals surface area contributed by atoms with Crippen molar-refractivity contribution in [2.45, 2.75) is 37.8 Å². The highest BCUT2D eigenvalue weighted by Gasteiger charge is 2.31. The lowest BCUT2D eigenvalue weighted by molar-refractivity contribution is -0.116. The Hall–Kier alpha value is -1.41. The van der Waals surface area contributed by atoms with Crippen molar-refractivity contribution in [1.29, 1.82) is 0 Å². The first-order valence-electron chi connectivity index (χ1n) is 7.83. The molecule has 1 aliphatic rings. The molecule has 1 unspecified atom stereocenters. The van der Waals surface area contributed by atoms with Gasteiger partial charge in [-0.15, -0.1) is 11.3 Å². The molecule has 5 nitrogen and oxygen atoms in total. The minimum absolute atomic E-state index is 0.0338. The summed E-state index contributed by atoms with van der Waals surface area (Å²) in [6, 6.07) is 8.60. The van der Waals surface area contributed by atoms with Crippen LogP contribution in [0.1, 0.15) is 24.3 Å². The fourth-order valence-corrected chi connectivity index (χ4v) is 5.59. The van der Waals surface area contributed by atoms with Crippen LogP contribution in [0.15, 0.2) is 35.2 Å². The quantitative estimate of drug-likeness (QED) is 0.791. The van der Waals surface area contributed by atoms with Gasteiger partial charge in [-0.3, -0.25) is 4.79 Å². The van der Waals surface area contributed by atoms with Crippen molar-refractivity contribution < 1.29 is 13.2 Å². The van der Waals surface area contributed by atoms with Gasteiger partial charge in [0.2, 0.25) is 15.9 Å². The molecule has 0 saturated carbocycles. The van der Waals surface area contributed by atoms with Gasteiger partial charge in [-0.2, -0.15) is 4.31 Å². The highest BCUT2D eigenvalue weighted by Crippen LogP contribution is 2.34. The van der Waals surface area contributed by atoms with Crippen LogP contribution in [0, 0.1) is 0 Å². The van der Waals surface area contributed by atoms with Gasteiger partial charge in [0.15, 0.2) is 0 Å². The molecule has 1 atom stereocenters. The molecule has 3 rings (SSSR count). The Morgan fingerprint density at radius 3 is 2.68 bits per heavy atom. The summed E-state index contributed by atoms with van der Waals surface area (Å²) >= 11 is 7.28. The van der Waals surface area contributed by atoms with E-state index in [1.165, 1.54) is 22.6 Å². The predicted molar refractivity (Wildman–Crippen MR) is 101 cm³/mol. The first-order valence-corrected chi connectivity index (χ1v) is 10.5. The van der Waals surface area contributed by atoms with Gasteiger partial charge in [0.25, 0.3) is 0 Å². The number of anilines is 1. The molecule has 0 fully saturated rings. The predicted octanol–water partition coefficient (Wildman–Crippen LogP) is 3.52. The van der Waals surface area contributed by atoms with E-state index >= 15 is 0 Å². The number of fused-ring (bicyclic) bond motifs is 1. The molecule has 1 aromatic carbocycles. The molecule has 0 spiro atoms. The maximum Gasteiger partial charge on any atom is 0.243 e. The molecule has 0 N–H and O–H groups in total. The summed E-state index contributed by atoms with van der Waals surface area (Å²) in [7, 11) is -2.05. The fraction of sp³-hybridized carbons (Fsp3) is 0.353. The van der Waals surface area contributed by atoms with Gasteiger partial charge in [0, 0.05) is 37.1 Å². The van der Waals surface area contributed by atoms with E-state index in [2.05, 4.69) is 0 Å². The monoisotopic (exact) mass is 398 g/mol. The minimum atomic E-state index is -3.61. The van der Waals surface area contributed by atoms with Gasteiger partial charge in [0.1, 0.15) is 0 Å². The van der Waals surface area contributed by atoms with Crippen LogP contribution in [0.2, 0.25) is 4.34 Å². The highest BCUT2D eigenvalue weighted by molar-refractivity contribution is 7.89. The summed E-state index contributed by atoms with van der Waals surface area (Å²) < 4.78 is 27.7. The number of carbonyl (C=O) groups is 1. The topological polar surface area (TPSA) is 57.7 Å². The summed E-state index contributed by atoms with van der Waals surface area (Å²) in [6.45, 7) is 3.76. The number of thiophene rings is 1. The van der Waals surface area contributed by atoms with Crippen LogP contribution in [0.3, 0.4) is 0 Å². The zero-order chi connectivity index (χ0) is 18.4. The van der Waals surface area contributed by atoms with Crippen molar-refractivity contribution in [3.63, 3.8) is 0 Å². The third-order valence-corrected chi connectivity index (χ3v) is 7.34. The Balaban J connectivity index is 1.89. The molecule has 0 bridgehead atoms. The molecule has 8 heteroatoms. The molecule has 2 aromatic rings. The number of carbonyl (C=O) groups excluding carboxylic acids is 1. The average molecular weight is 399 g/mol. The Labute approximate surface area is 156 Å². The second kappa shape index (κ2) is 6.72. The number of rotatable bonds is 4. The third-order valence-electron chi connectivity index (χ3n) is 4.32. The van der Waals surface area contributed by atoms with E-state index in [1.807, 2.05) is 13.0 Å². The van der Waals surface area contributed by atoms with Crippen LogP contribution in [0.5, 0.6) is 0 Å². The molecule has 1 aromatic heterocycles. The number of nitrogens with zero attached hydrogens (tertiary/aromatic N) is 2. The fourth-order valence-electron chi connectivity index (χ4n) is 3.17. The summed E-state index contributed by atoms with van der Waals surface area (Å²) in [5.74, 6) is -0.0338. The zero-order valence-corrected chi connectivity index (χ0v) is 16.6. The van der Waals surface area contributed by atoms with Crippen molar-refractivity contribution in [2.24, 2.45) is 0 Å². The lowest BCUT2D eigenvalue weighted by Gasteiger charge is -2.21. The molecule has 134 valence electrons. The summed E-state index contributed by atoms with van der Waals surface area (Å²) in [6.07, 6.45) is 0.655. The molecule has 2 heterocycles. The van der Waals surface area contributed by atoms with E-state index in [4.69, 9.17) is 11.6 Å². The Morgan fingerprint density at radius 2 is 2.08 bits per heavy atom. The maximum absolute atomic E-state index is 12.9. The van der Waals surface area contributed by atoms with Crippen LogP contribution in [0.4, 0.5) is 5.69 Å². The van der Waals surface area contributed by atoms with Crippen LogP contribution in [-0.2, 0) is 27.8 Å². The molecular weight excluding hydrogens is 380 g/mol. The van der Waals surface area contributed by atoms with Gasteiger partial charge in [-0.05, 0) is 49.2 Å². The molecule has 0 saturated heterocycles. The number of benzene rings is 1. The van der Waals surface area contributed by atoms with Gasteiger partial charge in [-0.25, -0.2) is 8.42 Å². The number of halogens is 1. The van der Waals surface area contributed by atoms with E-state index < -0.39 is 10.0 Å². The van der Waals surface area contributed by atoms with Crippen molar-refractivity contribution in [1.82, 2.24) is 4.31 Å². The van der Waals surface area contributed by atoms with Gasteiger partial charge in [-0.1, -0.05) is 11.6 Å². The van der Waals surface area contributed by atoms with E-state index in [9.17, 15) is 13.2 Å². The van der Waals surface area contributed by atoms with Gasteiger partial charge < -0.3 is 4.90 Å². The molecule has 0 radical (unpaired) electrons. The Morgan fingerprint density at radius 1 is 1.36 bits per heavy atom. The van der Waals surface area contributed by atoms with E-state index in [1.54, 1.807) is 36.2 Å². The van der Waals surface area contributed by atoms with E-state index in [0.717, 1.165) is 16.1 Å². The summed E-state index contributed by atoms with van der Waals surface area (Å²) in [4.78, 5) is 14.6. The normalized spacial score (nSPS) is 17.2. The molecule has 0 aliphatic carbocycles. The first-order chi connectivity index (χ1) is 11.7. The SMILES string of the molecule is CC(=O)N1c2ccc(S(=O)(=O)N(C)Cc3ccc(Cl)s3)cc2CC1C. The smallest absolute Gasteiger partial charge is 0.243 e. The van der Waals surface area contributed by atoms with Crippen LogP contribution >= 0.6 is 22.9 Å². The van der Waals surface area contributed by atoms with Crippen LogP contribution in [-0.4, -0.2) is 31.7 Å². The number of amides is 1. The lowest BCUT2D eigenvalue weighted by Crippen LogP contribution is -2.33. The lowest BCUT2D eigenvalue weighted by atomic mass is 10.1. The van der Waals surface area contributed by atoms with E-state index in [-0.39, 0.29) is 23.4 Å². The van der Waals surface area contributed by atoms with Gasteiger partial charge in [0.05, 0.1) is 9.23 Å². The van der Waals surface area contributed by atoms with Crippen LogP contribution < -0.4 is 4.90 Å². The van der Waals surface area contributed by atoms with Crippen LogP contribution in [0.25, 0.3) is 0 Å². The molecule has 1 amide bonds. The highest BCUT2D eigenvalue weighted by atomic mass is 35.5. The number of hydrogen-bond donors (Lipinski definition) is 0.